The Morgan fingerprint density at radius 2 is 1.70 bits per heavy atom. The number of nitrogens with zero attached hydrogens (tertiary/aromatic N) is 4. The van der Waals surface area contributed by atoms with Gasteiger partial charge in [0.1, 0.15) is 30.0 Å². The van der Waals surface area contributed by atoms with Crippen LogP contribution in [0.4, 0.5) is 5.82 Å². The lowest BCUT2D eigenvalue weighted by atomic mass is 10.0. The first-order valence-corrected chi connectivity index (χ1v) is 15.4. The second kappa shape index (κ2) is 11.8. The van der Waals surface area contributed by atoms with E-state index in [4.69, 9.17) is 15.0 Å². The number of aliphatic hydroxyl groups excluding tert-OH is 2. The van der Waals surface area contributed by atoms with Gasteiger partial charge >= 0.3 is 0 Å². The van der Waals surface area contributed by atoms with E-state index in [1.165, 1.54) is 6.33 Å². The molecule has 1 saturated heterocycles. The lowest BCUT2D eigenvalue weighted by molar-refractivity contribution is -0.0285. The van der Waals surface area contributed by atoms with Crippen molar-refractivity contribution in [3.63, 3.8) is 0 Å². The molecule has 0 unspecified atom stereocenters. The summed E-state index contributed by atoms with van der Waals surface area (Å²) in [7, 11) is 0. The maximum Gasteiger partial charge on any atom is 0.171 e. The quantitative estimate of drug-likeness (QED) is 0.223. The first-order valence-electron chi connectivity index (χ1n) is 14.2. The number of anilines is 1. The molecule has 4 atom stereocenters. The number of hydrogen-bond acceptors (Lipinski definition) is 9. The van der Waals surface area contributed by atoms with E-state index in [0.29, 0.717) is 28.1 Å². The Hall–Kier alpha value is -4.66. The standard InChI is InChI=1S/C34H29N5O4S/c1-20-26(31(43-38-20)23-9-3-2-4-10-23)17-44-18-27-29(40)30(41)34(42-27)39-16-24(28-32(35)36-19-37-33(28)39)15-14-22-12-7-11-21-8-5-6-13-25(21)22/h2-13,16,19,27,29-30,34,40-41H,17-18H2,1H3,(H2,35,36,37)/t27-,29-,30-,34-/m1/s1. The van der Waals surface area contributed by atoms with Crippen molar-refractivity contribution in [1.29, 1.82) is 0 Å². The number of rotatable bonds is 6. The fourth-order valence-electron chi connectivity index (χ4n) is 5.62. The second-order valence-corrected chi connectivity index (χ2v) is 11.7. The molecular formula is C34H29N5O4S. The Bertz CT molecular complexity index is 2020. The number of hydrogen-bond donors (Lipinski definition) is 3. The molecule has 0 amide bonds. The van der Waals surface area contributed by atoms with E-state index in [1.807, 2.05) is 79.7 Å². The summed E-state index contributed by atoms with van der Waals surface area (Å²) in [6, 6.07) is 23.9. The van der Waals surface area contributed by atoms with Crippen molar-refractivity contribution >= 4 is 39.4 Å². The Kier molecular flexibility index (Phi) is 7.54. The van der Waals surface area contributed by atoms with E-state index < -0.39 is 24.5 Å². The van der Waals surface area contributed by atoms with Gasteiger partial charge in [0.2, 0.25) is 0 Å². The van der Waals surface area contributed by atoms with Crippen molar-refractivity contribution < 1.29 is 19.5 Å². The smallest absolute Gasteiger partial charge is 0.171 e. The molecule has 0 spiro atoms. The molecule has 1 aliphatic heterocycles. The van der Waals surface area contributed by atoms with Crippen LogP contribution in [0.25, 0.3) is 33.1 Å². The molecule has 44 heavy (non-hydrogen) atoms. The molecule has 0 radical (unpaired) electrons. The van der Waals surface area contributed by atoms with Crippen molar-refractivity contribution in [2.75, 3.05) is 11.5 Å². The second-order valence-electron chi connectivity index (χ2n) is 10.7. The summed E-state index contributed by atoms with van der Waals surface area (Å²) in [5.41, 5.74) is 11.0. The number of ether oxygens (including phenoxy) is 1. The summed E-state index contributed by atoms with van der Waals surface area (Å²) >= 11 is 1.58. The molecule has 9 nitrogen and oxygen atoms in total. The maximum atomic E-state index is 11.1. The van der Waals surface area contributed by atoms with Gasteiger partial charge in [-0.15, -0.1) is 0 Å². The van der Waals surface area contributed by atoms with E-state index in [-0.39, 0.29) is 5.82 Å². The van der Waals surface area contributed by atoms with Gasteiger partial charge < -0.3 is 29.8 Å². The van der Waals surface area contributed by atoms with Gasteiger partial charge in [0.15, 0.2) is 12.0 Å². The van der Waals surface area contributed by atoms with Crippen LogP contribution in [0.1, 0.15) is 28.6 Å². The van der Waals surface area contributed by atoms with Gasteiger partial charge in [-0.1, -0.05) is 83.7 Å². The molecule has 0 saturated carbocycles. The van der Waals surface area contributed by atoms with E-state index in [0.717, 1.165) is 38.9 Å². The van der Waals surface area contributed by atoms with Crippen molar-refractivity contribution in [1.82, 2.24) is 19.7 Å². The third-order valence-electron chi connectivity index (χ3n) is 7.92. The lowest BCUT2D eigenvalue weighted by Gasteiger charge is -2.17. The minimum atomic E-state index is -1.19. The number of aromatic nitrogens is 4. The van der Waals surface area contributed by atoms with Crippen LogP contribution in [0.2, 0.25) is 0 Å². The molecule has 7 rings (SSSR count). The van der Waals surface area contributed by atoms with Gasteiger partial charge in [0.05, 0.1) is 22.7 Å². The number of thioether (sulfide) groups is 1. The molecule has 6 aromatic rings. The van der Waals surface area contributed by atoms with Crippen LogP contribution in [0.3, 0.4) is 0 Å². The van der Waals surface area contributed by atoms with E-state index in [2.05, 4.69) is 27.0 Å². The predicted molar refractivity (Wildman–Crippen MR) is 171 cm³/mol. The highest BCUT2D eigenvalue weighted by atomic mass is 32.2. The zero-order valence-electron chi connectivity index (χ0n) is 23.8. The van der Waals surface area contributed by atoms with Crippen molar-refractivity contribution in [2.45, 2.75) is 37.2 Å². The normalized spacial score (nSPS) is 19.8. The summed E-state index contributed by atoms with van der Waals surface area (Å²) < 4.78 is 13.6. The Morgan fingerprint density at radius 3 is 2.57 bits per heavy atom. The van der Waals surface area contributed by atoms with Gasteiger partial charge in [-0.25, -0.2) is 9.97 Å². The fraction of sp³-hybridized carbons (Fsp3) is 0.206. The van der Waals surface area contributed by atoms with E-state index >= 15 is 0 Å². The Balaban J connectivity index is 1.14. The Labute approximate surface area is 257 Å². The van der Waals surface area contributed by atoms with Crippen LogP contribution in [-0.2, 0) is 10.5 Å². The number of aryl methyl sites for hydroxylation is 1. The summed E-state index contributed by atoms with van der Waals surface area (Å²) in [4.78, 5) is 8.63. The van der Waals surface area contributed by atoms with Crippen LogP contribution in [-0.4, -0.2) is 54.0 Å². The lowest BCUT2D eigenvalue weighted by Crippen LogP contribution is -2.32. The van der Waals surface area contributed by atoms with Crippen LogP contribution >= 0.6 is 11.8 Å². The summed E-state index contributed by atoms with van der Waals surface area (Å²) in [5.74, 6) is 8.57. The van der Waals surface area contributed by atoms with Gasteiger partial charge in [-0.05, 0) is 23.8 Å². The first kappa shape index (κ1) is 28.1. The molecule has 0 aliphatic carbocycles. The van der Waals surface area contributed by atoms with Crippen LogP contribution in [0, 0.1) is 18.8 Å². The number of aliphatic hydroxyl groups is 2. The van der Waals surface area contributed by atoms with Crippen LogP contribution in [0.15, 0.2) is 89.8 Å². The number of benzene rings is 3. The summed E-state index contributed by atoms with van der Waals surface area (Å²) in [5, 5.41) is 29.0. The highest BCUT2D eigenvalue weighted by Gasteiger charge is 2.44. The zero-order chi connectivity index (χ0) is 30.2. The molecule has 10 heteroatoms. The van der Waals surface area contributed by atoms with Crippen molar-refractivity contribution in [2.24, 2.45) is 0 Å². The molecular weight excluding hydrogens is 574 g/mol. The largest absolute Gasteiger partial charge is 0.387 e. The van der Waals surface area contributed by atoms with Crippen LogP contribution in [0.5, 0.6) is 0 Å². The topological polar surface area (TPSA) is 132 Å². The maximum absolute atomic E-state index is 11.1. The monoisotopic (exact) mass is 603 g/mol. The highest BCUT2D eigenvalue weighted by Crippen LogP contribution is 2.37. The van der Waals surface area contributed by atoms with Crippen molar-refractivity contribution in [3.05, 3.63) is 108 Å². The Morgan fingerprint density at radius 1 is 0.932 bits per heavy atom. The average molecular weight is 604 g/mol. The van der Waals surface area contributed by atoms with Gasteiger partial charge in [0.25, 0.3) is 0 Å². The molecule has 4 heterocycles. The average Bonchev–Trinajstić information content (AvgIpc) is 3.70. The third kappa shape index (κ3) is 5.10. The molecule has 3 aromatic heterocycles. The first-order chi connectivity index (χ1) is 21.5. The fourth-order valence-corrected chi connectivity index (χ4v) is 6.79. The molecule has 1 fully saturated rings. The summed E-state index contributed by atoms with van der Waals surface area (Å²) in [6.07, 6.45) is -0.682. The predicted octanol–water partition coefficient (Wildman–Crippen LogP) is 5.08. The number of nitrogens with two attached hydrogens (primary N) is 1. The molecule has 3 aromatic carbocycles. The SMILES string of the molecule is Cc1noc(-c2ccccc2)c1CSC[C@H]1O[C@@H](n2cc(C#Cc3cccc4ccccc34)c3c(N)ncnc32)[C@H](O)[C@@H]1O. The molecule has 220 valence electrons. The molecule has 4 N–H and O–H groups in total. The molecule has 1 aliphatic rings. The van der Waals surface area contributed by atoms with E-state index in [1.54, 1.807) is 22.5 Å². The van der Waals surface area contributed by atoms with Crippen molar-refractivity contribution in [3.8, 4) is 23.2 Å². The van der Waals surface area contributed by atoms with Gasteiger partial charge in [0, 0.05) is 34.4 Å². The van der Waals surface area contributed by atoms with Crippen LogP contribution < -0.4 is 5.73 Å². The minimum Gasteiger partial charge on any atom is -0.387 e. The molecule has 0 bridgehead atoms. The minimum absolute atomic E-state index is 0.273. The zero-order valence-corrected chi connectivity index (χ0v) is 24.6. The summed E-state index contributed by atoms with van der Waals surface area (Å²) in [6.45, 7) is 1.91. The highest BCUT2D eigenvalue weighted by molar-refractivity contribution is 7.98. The number of nitrogen functional groups attached to an aromatic ring is 1. The number of fused-ring (bicyclic) bond motifs is 2. The van der Waals surface area contributed by atoms with Gasteiger partial charge in [-0.2, -0.15) is 11.8 Å². The van der Waals surface area contributed by atoms with E-state index in [9.17, 15) is 10.2 Å². The van der Waals surface area contributed by atoms with Gasteiger partial charge in [-0.3, -0.25) is 0 Å². The third-order valence-corrected chi connectivity index (χ3v) is 8.98.